The molecular formula is C19H28N2O2. The maximum absolute atomic E-state index is 11.9. The molecule has 1 atom stereocenters. The topological polar surface area (TPSA) is 44.1 Å². The van der Waals surface area contributed by atoms with E-state index in [2.05, 4.69) is 23.3 Å². The number of ether oxygens (including phenoxy) is 1. The molecule has 126 valence electrons. The Bertz CT molecular complexity index is 582. The molecule has 0 spiro atoms. The van der Waals surface area contributed by atoms with Gasteiger partial charge in [0, 0.05) is 24.1 Å². The molecule has 1 heterocycles. The molecule has 0 saturated heterocycles. The third kappa shape index (κ3) is 5.47. The van der Waals surface area contributed by atoms with Crippen molar-refractivity contribution in [2.75, 3.05) is 6.61 Å². The molecular weight excluding hydrogens is 288 g/mol. The monoisotopic (exact) mass is 316 g/mol. The fraction of sp³-hybridized carbons (Fsp3) is 0.579. The van der Waals surface area contributed by atoms with Crippen molar-refractivity contribution in [3.05, 3.63) is 36.2 Å². The minimum atomic E-state index is 0.112. The molecule has 0 N–H and O–H groups in total. The minimum absolute atomic E-state index is 0.112. The maximum atomic E-state index is 11.9. The third-order valence-electron chi connectivity index (χ3n) is 4.00. The van der Waals surface area contributed by atoms with Crippen LogP contribution < -0.4 is 0 Å². The smallest absolute Gasteiger partial charge is 0.136 e. The van der Waals surface area contributed by atoms with Gasteiger partial charge in [-0.1, -0.05) is 32.1 Å². The first kappa shape index (κ1) is 17.7. The van der Waals surface area contributed by atoms with Crippen molar-refractivity contribution in [1.29, 1.82) is 0 Å². The zero-order valence-corrected chi connectivity index (χ0v) is 14.7. The summed E-state index contributed by atoms with van der Waals surface area (Å²) in [4.78, 5) is 11.9. The van der Waals surface area contributed by atoms with Crippen LogP contribution in [0.25, 0.3) is 5.57 Å². The van der Waals surface area contributed by atoms with E-state index in [4.69, 9.17) is 4.74 Å². The van der Waals surface area contributed by atoms with E-state index in [1.807, 2.05) is 44.8 Å². The average Bonchev–Trinajstić information content (AvgIpc) is 2.96. The van der Waals surface area contributed by atoms with Crippen LogP contribution in [-0.2, 0) is 16.1 Å². The molecule has 0 fully saturated rings. The summed E-state index contributed by atoms with van der Waals surface area (Å²) >= 11 is 0. The average molecular weight is 316 g/mol. The molecule has 1 aromatic rings. The highest BCUT2D eigenvalue weighted by Crippen LogP contribution is 2.27. The summed E-state index contributed by atoms with van der Waals surface area (Å²) in [6.45, 7) is 9.42. The van der Waals surface area contributed by atoms with Gasteiger partial charge >= 0.3 is 0 Å². The number of aromatic nitrogens is 2. The van der Waals surface area contributed by atoms with Crippen LogP contribution in [0.3, 0.4) is 0 Å². The lowest BCUT2D eigenvalue weighted by atomic mass is 9.88. The molecule has 4 heteroatoms. The molecule has 0 amide bonds. The second kappa shape index (κ2) is 8.25. The minimum Gasteiger partial charge on any atom is -0.377 e. The van der Waals surface area contributed by atoms with E-state index in [0.717, 1.165) is 24.1 Å². The van der Waals surface area contributed by atoms with Gasteiger partial charge in [0.2, 0.25) is 0 Å². The Hall–Kier alpha value is -1.68. The summed E-state index contributed by atoms with van der Waals surface area (Å²) in [5.41, 5.74) is 2.27. The number of Topliss-reactive ketones (excluding diaryl/α,β-unsaturated/α-hetero) is 1. The second-order valence-electron chi connectivity index (χ2n) is 6.76. The molecule has 2 rings (SSSR count). The van der Waals surface area contributed by atoms with Gasteiger partial charge in [0.1, 0.15) is 5.78 Å². The number of rotatable bonds is 8. The highest BCUT2D eigenvalue weighted by molar-refractivity contribution is 5.82. The fourth-order valence-electron chi connectivity index (χ4n) is 2.59. The molecule has 1 aliphatic carbocycles. The molecule has 1 aliphatic rings. The van der Waals surface area contributed by atoms with Crippen LogP contribution in [0.4, 0.5) is 0 Å². The predicted octanol–water partition coefficient (Wildman–Crippen LogP) is 3.88. The number of carbonyl (C=O) groups excluding carboxylic acids is 1. The first-order chi connectivity index (χ1) is 11.0. The van der Waals surface area contributed by atoms with E-state index >= 15 is 0 Å². The van der Waals surface area contributed by atoms with E-state index in [9.17, 15) is 4.79 Å². The van der Waals surface area contributed by atoms with Crippen LogP contribution in [0.1, 0.15) is 46.1 Å². The normalized spacial score (nSPS) is 17.8. The molecule has 0 radical (unpaired) electrons. The SMILES string of the molecule is CC(C)OCCn1cc(C2=CC(CC(=O)C(C)C)CC=C2)cn1. The molecule has 0 aromatic carbocycles. The van der Waals surface area contributed by atoms with Crippen molar-refractivity contribution in [2.45, 2.75) is 53.2 Å². The van der Waals surface area contributed by atoms with Gasteiger partial charge in [-0.3, -0.25) is 9.48 Å². The Kier molecular flexibility index (Phi) is 6.34. The zero-order chi connectivity index (χ0) is 16.8. The predicted molar refractivity (Wildman–Crippen MR) is 93.0 cm³/mol. The molecule has 0 bridgehead atoms. The summed E-state index contributed by atoms with van der Waals surface area (Å²) in [6, 6.07) is 0. The number of hydrogen-bond acceptors (Lipinski definition) is 3. The zero-order valence-electron chi connectivity index (χ0n) is 14.7. The largest absolute Gasteiger partial charge is 0.377 e. The first-order valence-electron chi connectivity index (χ1n) is 8.51. The highest BCUT2D eigenvalue weighted by Gasteiger charge is 2.17. The molecule has 0 saturated carbocycles. The van der Waals surface area contributed by atoms with Crippen LogP contribution in [0.15, 0.2) is 30.6 Å². The Morgan fingerprint density at radius 1 is 1.39 bits per heavy atom. The molecule has 1 aromatic heterocycles. The van der Waals surface area contributed by atoms with E-state index in [1.165, 1.54) is 0 Å². The van der Waals surface area contributed by atoms with E-state index < -0.39 is 0 Å². The molecule has 0 aliphatic heterocycles. The van der Waals surface area contributed by atoms with Crippen molar-refractivity contribution >= 4 is 11.4 Å². The van der Waals surface area contributed by atoms with Gasteiger partial charge in [0.15, 0.2) is 0 Å². The van der Waals surface area contributed by atoms with Crippen LogP contribution in [-0.4, -0.2) is 28.3 Å². The molecule has 1 unspecified atom stereocenters. The second-order valence-corrected chi connectivity index (χ2v) is 6.76. The molecule has 23 heavy (non-hydrogen) atoms. The summed E-state index contributed by atoms with van der Waals surface area (Å²) in [7, 11) is 0. The van der Waals surface area contributed by atoms with E-state index in [-0.39, 0.29) is 12.0 Å². The quantitative estimate of drug-likeness (QED) is 0.731. The van der Waals surface area contributed by atoms with Crippen molar-refractivity contribution < 1.29 is 9.53 Å². The lowest BCUT2D eigenvalue weighted by Crippen LogP contribution is -2.13. The summed E-state index contributed by atoms with van der Waals surface area (Å²) in [5.74, 6) is 0.751. The number of allylic oxidation sites excluding steroid dienone is 4. The van der Waals surface area contributed by atoms with Crippen LogP contribution in [0, 0.1) is 11.8 Å². The van der Waals surface area contributed by atoms with Crippen molar-refractivity contribution in [1.82, 2.24) is 9.78 Å². The maximum Gasteiger partial charge on any atom is 0.136 e. The van der Waals surface area contributed by atoms with Crippen LogP contribution >= 0.6 is 0 Å². The molecule has 4 nitrogen and oxygen atoms in total. The van der Waals surface area contributed by atoms with Gasteiger partial charge in [-0.15, -0.1) is 0 Å². The summed E-state index contributed by atoms with van der Waals surface area (Å²) in [5, 5.41) is 4.40. The number of carbonyl (C=O) groups is 1. The highest BCUT2D eigenvalue weighted by atomic mass is 16.5. The van der Waals surface area contributed by atoms with Gasteiger partial charge in [-0.2, -0.15) is 5.10 Å². The summed E-state index contributed by atoms with van der Waals surface area (Å²) < 4.78 is 7.47. The number of ketones is 1. The van der Waals surface area contributed by atoms with Gasteiger partial charge < -0.3 is 4.74 Å². The van der Waals surface area contributed by atoms with Crippen LogP contribution in [0.2, 0.25) is 0 Å². The Balaban J connectivity index is 1.97. The van der Waals surface area contributed by atoms with Gasteiger partial charge in [0.05, 0.1) is 25.5 Å². The Labute approximate surface area is 139 Å². The third-order valence-corrected chi connectivity index (χ3v) is 4.00. The van der Waals surface area contributed by atoms with Gasteiger partial charge in [-0.05, 0) is 31.8 Å². The van der Waals surface area contributed by atoms with Gasteiger partial charge in [0.25, 0.3) is 0 Å². The van der Waals surface area contributed by atoms with E-state index in [0.29, 0.717) is 24.7 Å². The Morgan fingerprint density at radius 3 is 2.87 bits per heavy atom. The lowest BCUT2D eigenvalue weighted by Gasteiger charge is -2.16. The first-order valence-corrected chi connectivity index (χ1v) is 8.51. The van der Waals surface area contributed by atoms with Gasteiger partial charge in [-0.25, -0.2) is 0 Å². The lowest BCUT2D eigenvalue weighted by molar-refractivity contribution is -0.122. The number of nitrogens with zero attached hydrogens (tertiary/aromatic N) is 2. The number of hydrogen-bond donors (Lipinski definition) is 0. The summed E-state index contributed by atoms with van der Waals surface area (Å²) in [6.07, 6.45) is 12.3. The van der Waals surface area contributed by atoms with E-state index in [1.54, 1.807) is 0 Å². The van der Waals surface area contributed by atoms with Crippen molar-refractivity contribution in [3.63, 3.8) is 0 Å². The fourth-order valence-corrected chi connectivity index (χ4v) is 2.59. The van der Waals surface area contributed by atoms with Crippen LogP contribution in [0.5, 0.6) is 0 Å². The standard InChI is InChI=1S/C19H28N2O2/c1-14(2)19(22)11-16-6-5-7-17(10-16)18-12-20-21(13-18)8-9-23-15(3)4/h5,7,10,12-16H,6,8-9,11H2,1-4H3. The van der Waals surface area contributed by atoms with Crippen molar-refractivity contribution in [2.24, 2.45) is 11.8 Å². The van der Waals surface area contributed by atoms with Crippen molar-refractivity contribution in [3.8, 4) is 0 Å². The Morgan fingerprint density at radius 2 is 2.17 bits per heavy atom.